The molecule has 0 bridgehead atoms. The predicted octanol–water partition coefficient (Wildman–Crippen LogP) is 5.72. The number of aryl methyl sites for hydroxylation is 3. The number of amides is 1. The number of carbonyl (C=O) groups excluding carboxylic acids is 1. The van der Waals surface area contributed by atoms with Gasteiger partial charge in [-0.05, 0) is 44.0 Å². The molecule has 0 radical (unpaired) electrons. The quantitative estimate of drug-likeness (QED) is 0.238. The summed E-state index contributed by atoms with van der Waals surface area (Å²) in [4.78, 5) is 23.5. The van der Waals surface area contributed by atoms with E-state index in [1.807, 2.05) is 6.92 Å². The summed E-state index contributed by atoms with van der Waals surface area (Å²) in [7, 11) is 0. The van der Waals surface area contributed by atoms with Crippen molar-refractivity contribution in [2.24, 2.45) is 0 Å². The van der Waals surface area contributed by atoms with E-state index in [4.69, 9.17) is 0 Å². The summed E-state index contributed by atoms with van der Waals surface area (Å²) in [6.45, 7) is 6.06. The molecule has 0 atom stereocenters. The minimum absolute atomic E-state index is 0.0542. The molecule has 5 nitrogen and oxygen atoms in total. The number of anilines is 1. The molecule has 0 aliphatic heterocycles. The highest BCUT2D eigenvalue weighted by Gasteiger charge is 2.18. The molecule has 0 unspecified atom stereocenters. The van der Waals surface area contributed by atoms with Crippen molar-refractivity contribution in [3.8, 4) is 16.9 Å². The number of aromatic nitrogens is 2. The maximum atomic E-state index is 12.5. The Morgan fingerprint density at radius 2 is 1.80 bits per heavy atom. The second kappa shape index (κ2) is 8.45. The number of hydrogen-bond acceptors (Lipinski definition) is 6. The molecule has 152 valence electrons. The second-order valence-electron chi connectivity index (χ2n) is 7.12. The zero-order valence-corrected chi connectivity index (χ0v) is 18.5. The number of fused-ring (bicyclic) bond motifs is 1. The second-order valence-corrected chi connectivity index (χ2v) is 9.28. The first-order valence-electron chi connectivity index (χ1n) is 9.46. The zero-order chi connectivity index (χ0) is 21.3. The van der Waals surface area contributed by atoms with Gasteiger partial charge in [-0.2, -0.15) is 0 Å². The van der Waals surface area contributed by atoms with Crippen molar-refractivity contribution in [3.63, 3.8) is 0 Å². The zero-order valence-electron chi connectivity index (χ0n) is 16.9. The minimum atomic E-state index is -0.198. The van der Waals surface area contributed by atoms with Crippen LogP contribution >= 0.6 is 23.1 Å². The monoisotopic (exact) mass is 435 g/mol. The van der Waals surface area contributed by atoms with Crippen molar-refractivity contribution in [3.05, 3.63) is 64.8 Å². The molecule has 2 heterocycles. The van der Waals surface area contributed by atoms with Crippen molar-refractivity contribution in [2.45, 2.75) is 25.8 Å². The maximum Gasteiger partial charge on any atom is 0.234 e. The van der Waals surface area contributed by atoms with Crippen LogP contribution in [0.3, 0.4) is 0 Å². The lowest BCUT2D eigenvalue weighted by Crippen LogP contribution is -2.14. The van der Waals surface area contributed by atoms with E-state index in [1.54, 1.807) is 35.9 Å². The number of phenols is 1. The van der Waals surface area contributed by atoms with Crippen LogP contribution in [0.5, 0.6) is 5.75 Å². The van der Waals surface area contributed by atoms with Crippen molar-refractivity contribution < 1.29 is 9.90 Å². The van der Waals surface area contributed by atoms with E-state index in [0.717, 1.165) is 31.9 Å². The number of nitrogens with zero attached hydrogens (tertiary/aromatic N) is 2. The Hall–Kier alpha value is -2.90. The Kier molecular flexibility index (Phi) is 5.74. The predicted molar refractivity (Wildman–Crippen MR) is 125 cm³/mol. The Labute approximate surface area is 183 Å². The summed E-state index contributed by atoms with van der Waals surface area (Å²) in [5.41, 5.74) is 4.83. The van der Waals surface area contributed by atoms with Crippen LogP contribution in [0.25, 0.3) is 21.3 Å². The van der Waals surface area contributed by atoms with Crippen LogP contribution in [-0.4, -0.2) is 26.7 Å². The summed E-state index contributed by atoms with van der Waals surface area (Å²) >= 11 is 3.01. The summed E-state index contributed by atoms with van der Waals surface area (Å²) in [6.07, 6.45) is 1.55. The Balaban J connectivity index is 1.61. The largest absolute Gasteiger partial charge is 0.506 e. The van der Waals surface area contributed by atoms with Gasteiger partial charge in [0, 0.05) is 10.4 Å². The number of rotatable bonds is 5. The van der Waals surface area contributed by atoms with E-state index in [2.05, 4.69) is 53.4 Å². The number of benzene rings is 2. The number of phenolic OH excluding ortho intramolecular Hbond substituents is 1. The van der Waals surface area contributed by atoms with Crippen LogP contribution in [0.1, 0.15) is 16.0 Å². The van der Waals surface area contributed by atoms with Crippen molar-refractivity contribution in [2.75, 3.05) is 11.1 Å². The van der Waals surface area contributed by atoms with E-state index in [9.17, 15) is 9.90 Å². The fourth-order valence-electron chi connectivity index (χ4n) is 3.27. The van der Waals surface area contributed by atoms with Crippen LogP contribution in [0.15, 0.2) is 53.8 Å². The van der Waals surface area contributed by atoms with Crippen molar-refractivity contribution in [1.29, 1.82) is 0 Å². The Morgan fingerprint density at radius 1 is 1.07 bits per heavy atom. The molecule has 0 fully saturated rings. The molecular formula is C23H21N3O2S2. The fourth-order valence-corrected chi connectivity index (χ4v) is 5.15. The molecule has 2 aromatic heterocycles. The van der Waals surface area contributed by atoms with Crippen LogP contribution in [0.4, 0.5) is 5.69 Å². The number of thioether (sulfide) groups is 1. The van der Waals surface area contributed by atoms with E-state index in [1.165, 1.54) is 22.2 Å². The summed E-state index contributed by atoms with van der Waals surface area (Å²) in [5.74, 6) is 0.0387. The molecule has 0 saturated heterocycles. The lowest BCUT2D eigenvalue weighted by Gasteiger charge is -2.09. The first kappa shape index (κ1) is 20.4. The molecule has 0 spiro atoms. The smallest absolute Gasteiger partial charge is 0.234 e. The highest BCUT2D eigenvalue weighted by atomic mass is 32.2. The third-order valence-corrected chi connectivity index (χ3v) is 6.74. The van der Waals surface area contributed by atoms with Gasteiger partial charge in [0.2, 0.25) is 5.91 Å². The number of nitrogens with one attached hydrogen (secondary N) is 1. The van der Waals surface area contributed by atoms with Crippen LogP contribution in [0.2, 0.25) is 0 Å². The highest BCUT2D eigenvalue weighted by molar-refractivity contribution is 8.00. The van der Waals surface area contributed by atoms with Gasteiger partial charge in [0.05, 0.1) is 16.8 Å². The summed E-state index contributed by atoms with van der Waals surface area (Å²) in [6, 6.07) is 13.5. The van der Waals surface area contributed by atoms with Crippen LogP contribution in [0, 0.1) is 20.8 Å². The van der Waals surface area contributed by atoms with E-state index in [0.29, 0.717) is 5.69 Å². The minimum Gasteiger partial charge on any atom is -0.506 e. The van der Waals surface area contributed by atoms with Gasteiger partial charge in [0.15, 0.2) is 0 Å². The van der Waals surface area contributed by atoms with Gasteiger partial charge in [-0.25, -0.2) is 9.97 Å². The van der Waals surface area contributed by atoms with Gasteiger partial charge in [-0.1, -0.05) is 47.7 Å². The third-order valence-electron chi connectivity index (χ3n) is 4.74. The standard InChI is InChI=1S/C23H21N3O2S2/c1-13-4-7-16(8-5-13)20-15(3)30-23-21(20)22(24-12-25-23)29-11-19(28)26-17-10-14(2)6-9-18(17)27/h4-10,12,27H,11H2,1-3H3,(H,26,28). The highest BCUT2D eigenvalue weighted by Crippen LogP contribution is 2.41. The molecule has 0 aliphatic carbocycles. The molecule has 4 aromatic rings. The van der Waals surface area contributed by atoms with Crippen LogP contribution < -0.4 is 5.32 Å². The molecule has 0 aliphatic rings. The molecule has 2 aromatic carbocycles. The first-order valence-corrected chi connectivity index (χ1v) is 11.3. The molecule has 30 heavy (non-hydrogen) atoms. The Morgan fingerprint density at radius 3 is 2.57 bits per heavy atom. The van der Waals surface area contributed by atoms with Gasteiger partial charge >= 0.3 is 0 Å². The first-order chi connectivity index (χ1) is 14.4. The molecule has 4 rings (SSSR count). The van der Waals surface area contributed by atoms with Gasteiger partial charge < -0.3 is 10.4 Å². The normalized spacial score (nSPS) is 11.0. The van der Waals surface area contributed by atoms with Gasteiger partial charge in [-0.3, -0.25) is 4.79 Å². The summed E-state index contributed by atoms with van der Waals surface area (Å²) in [5, 5.41) is 14.5. The number of thiophene rings is 1. The molecule has 7 heteroatoms. The Bertz CT molecular complexity index is 1230. The number of carbonyl (C=O) groups is 1. The van der Waals surface area contributed by atoms with Gasteiger partial charge in [-0.15, -0.1) is 11.3 Å². The SMILES string of the molecule is Cc1ccc(-c2c(C)sc3ncnc(SCC(=O)Nc4cc(C)ccc4O)c23)cc1. The number of aromatic hydroxyl groups is 1. The average Bonchev–Trinajstić information content (AvgIpc) is 3.06. The fraction of sp³-hybridized carbons (Fsp3) is 0.174. The van der Waals surface area contributed by atoms with E-state index in [-0.39, 0.29) is 17.4 Å². The molecule has 2 N–H and O–H groups in total. The topological polar surface area (TPSA) is 75.1 Å². The van der Waals surface area contributed by atoms with Crippen LogP contribution in [-0.2, 0) is 4.79 Å². The molecular weight excluding hydrogens is 414 g/mol. The van der Waals surface area contributed by atoms with E-state index >= 15 is 0 Å². The maximum absolute atomic E-state index is 12.5. The van der Waals surface area contributed by atoms with E-state index < -0.39 is 0 Å². The van der Waals surface area contributed by atoms with Crippen molar-refractivity contribution >= 4 is 44.9 Å². The average molecular weight is 436 g/mol. The summed E-state index contributed by atoms with van der Waals surface area (Å²) < 4.78 is 0. The van der Waals surface area contributed by atoms with Crippen molar-refractivity contribution in [1.82, 2.24) is 9.97 Å². The van der Waals surface area contributed by atoms with Gasteiger partial charge in [0.1, 0.15) is 21.9 Å². The lowest BCUT2D eigenvalue weighted by molar-refractivity contribution is -0.113. The van der Waals surface area contributed by atoms with Gasteiger partial charge in [0.25, 0.3) is 0 Å². The molecule has 0 saturated carbocycles. The lowest BCUT2D eigenvalue weighted by atomic mass is 10.0. The third kappa shape index (κ3) is 4.17. The molecule has 1 amide bonds. The number of hydrogen-bond donors (Lipinski definition) is 2.